The molecule has 2 heterocycles. The van der Waals surface area contributed by atoms with E-state index in [1.54, 1.807) is 24.2 Å². The van der Waals surface area contributed by atoms with Gasteiger partial charge in [0.05, 0.1) is 16.9 Å². The van der Waals surface area contributed by atoms with E-state index >= 15 is 0 Å². The molecule has 2 aromatic rings. The van der Waals surface area contributed by atoms with Gasteiger partial charge in [-0.1, -0.05) is 29.8 Å². The van der Waals surface area contributed by atoms with Crippen LogP contribution in [0.1, 0.15) is 58.2 Å². The third-order valence-electron chi connectivity index (χ3n) is 5.24. The molecule has 3 rings (SSSR count). The van der Waals surface area contributed by atoms with E-state index in [4.69, 9.17) is 21.3 Å². The summed E-state index contributed by atoms with van der Waals surface area (Å²) in [6.45, 7) is 15.1. The lowest BCUT2D eigenvalue weighted by Crippen LogP contribution is -2.34. The SMILES string of the molecule is C/C=C(Cl)\C1=N/C(C)Nc2cncc(c2)CCc2cc(ccc2CN(C)C(=O)OC(C)(C)C)N1.C=CC. The Hall–Kier alpha value is -3.32. The molecule has 0 saturated heterocycles. The first kappa shape index (κ1) is 29.9. The molecule has 0 saturated carbocycles. The molecular formula is C29H40ClN5O2. The third kappa shape index (κ3) is 9.92. The lowest BCUT2D eigenvalue weighted by atomic mass is 9.99. The lowest BCUT2D eigenvalue weighted by Gasteiger charge is -2.25. The number of anilines is 2. The molecule has 0 fully saturated rings. The van der Waals surface area contributed by atoms with Crippen molar-refractivity contribution in [3.8, 4) is 0 Å². The fraction of sp³-hybridized carbons (Fsp3) is 0.414. The molecule has 200 valence electrons. The molecule has 0 aliphatic carbocycles. The van der Waals surface area contributed by atoms with Crippen LogP contribution in [-0.2, 0) is 24.1 Å². The van der Waals surface area contributed by atoms with Gasteiger partial charge in [-0.15, -0.1) is 6.58 Å². The van der Waals surface area contributed by atoms with Crippen LogP contribution in [-0.4, -0.2) is 40.6 Å². The van der Waals surface area contributed by atoms with Gasteiger partial charge in [0.2, 0.25) is 0 Å². The van der Waals surface area contributed by atoms with Crippen LogP contribution in [0, 0.1) is 0 Å². The number of amidine groups is 1. The Bertz CT molecular complexity index is 1140. The molecule has 1 aromatic carbocycles. The second-order valence-corrected chi connectivity index (χ2v) is 10.3. The minimum Gasteiger partial charge on any atom is -0.444 e. The number of pyridine rings is 1. The van der Waals surface area contributed by atoms with Crippen molar-refractivity contribution in [1.82, 2.24) is 9.88 Å². The highest BCUT2D eigenvalue weighted by Crippen LogP contribution is 2.23. The number of rotatable bonds is 3. The molecule has 37 heavy (non-hydrogen) atoms. The summed E-state index contributed by atoms with van der Waals surface area (Å²) < 4.78 is 5.52. The molecule has 1 atom stereocenters. The molecule has 1 amide bonds. The van der Waals surface area contributed by atoms with Gasteiger partial charge in [0.1, 0.15) is 17.6 Å². The quantitative estimate of drug-likeness (QED) is 0.416. The van der Waals surface area contributed by atoms with Crippen molar-refractivity contribution in [1.29, 1.82) is 0 Å². The monoisotopic (exact) mass is 525 g/mol. The number of fused-ring (bicyclic) bond motifs is 4. The van der Waals surface area contributed by atoms with E-state index < -0.39 is 5.60 Å². The molecule has 7 nitrogen and oxygen atoms in total. The number of carbonyl (C=O) groups excluding carboxylic acids is 1. The summed E-state index contributed by atoms with van der Waals surface area (Å²) in [7, 11) is 1.75. The summed E-state index contributed by atoms with van der Waals surface area (Å²) in [5, 5.41) is 7.27. The largest absolute Gasteiger partial charge is 0.444 e. The van der Waals surface area contributed by atoms with Gasteiger partial charge in [-0.3, -0.25) is 4.98 Å². The summed E-state index contributed by atoms with van der Waals surface area (Å²) >= 11 is 6.47. The van der Waals surface area contributed by atoms with Crippen LogP contribution in [0.3, 0.4) is 0 Å². The van der Waals surface area contributed by atoms with E-state index in [1.165, 1.54) is 0 Å². The second kappa shape index (κ2) is 13.8. The van der Waals surface area contributed by atoms with Crippen LogP contribution in [0.15, 0.2) is 65.4 Å². The number of hydrogen-bond donors (Lipinski definition) is 2. The van der Waals surface area contributed by atoms with Crippen molar-refractivity contribution < 1.29 is 9.53 Å². The van der Waals surface area contributed by atoms with E-state index in [0.29, 0.717) is 17.4 Å². The molecule has 1 aliphatic rings. The number of amides is 1. The number of halogens is 1. The van der Waals surface area contributed by atoms with Crippen LogP contribution in [0.25, 0.3) is 0 Å². The number of aromatic nitrogens is 1. The number of carbonyl (C=O) groups is 1. The highest BCUT2D eigenvalue weighted by molar-refractivity contribution is 6.44. The van der Waals surface area contributed by atoms with Gasteiger partial charge >= 0.3 is 6.09 Å². The van der Waals surface area contributed by atoms with E-state index in [9.17, 15) is 4.79 Å². The van der Waals surface area contributed by atoms with Gasteiger partial charge in [-0.2, -0.15) is 0 Å². The zero-order chi connectivity index (χ0) is 27.6. The van der Waals surface area contributed by atoms with Crippen LogP contribution in [0.2, 0.25) is 0 Å². The smallest absolute Gasteiger partial charge is 0.410 e. The predicted molar refractivity (Wildman–Crippen MR) is 155 cm³/mol. The van der Waals surface area contributed by atoms with E-state index in [-0.39, 0.29) is 12.3 Å². The first-order chi connectivity index (χ1) is 17.4. The number of hydrogen-bond acceptors (Lipinski definition) is 6. The van der Waals surface area contributed by atoms with Gasteiger partial charge in [0, 0.05) is 25.5 Å². The van der Waals surface area contributed by atoms with E-state index in [1.807, 2.05) is 65.9 Å². The Morgan fingerprint density at radius 2 is 1.92 bits per heavy atom. The molecule has 0 radical (unpaired) electrons. The maximum atomic E-state index is 12.5. The highest BCUT2D eigenvalue weighted by Gasteiger charge is 2.21. The molecule has 1 aromatic heterocycles. The Balaban J connectivity index is 0.00000153. The number of benzene rings is 1. The maximum absolute atomic E-state index is 12.5. The summed E-state index contributed by atoms with van der Waals surface area (Å²) in [4.78, 5) is 23.3. The third-order valence-corrected chi connectivity index (χ3v) is 5.63. The Kier molecular flexibility index (Phi) is 11.2. The summed E-state index contributed by atoms with van der Waals surface area (Å²) in [6, 6.07) is 8.21. The number of nitrogens with one attached hydrogen (secondary N) is 2. The van der Waals surface area contributed by atoms with Crippen LogP contribution < -0.4 is 10.6 Å². The van der Waals surface area contributed by atoms with Crippen LogP contribution >= 0.6 is 11.6 Å². The van der Waals surface area contributed by atoms with Gasteiger partial charge in [0.15, 0.2) is 0 Å². The molecule has 1 aliphatic heterocycles. The number of nitrogens with zero attached hydrogens (tertiary/aromatic N) is 3. The standard InChI is InChI=1S/C26H34ClN5O2.C3H6/c1-7-23(27)24-30-17(2)29-22-12-18(14-28-15-22)8-9-19-13-21(31-24)11-10-20(19)16-32(6)25(33)34-26(3,4)5;1-3-2/h7,10-15,17,29H,8-9,16H2,1-6H3,(H,30,31);3H,1H2,2H3/b23-7+;. The number of aliphatic imine (C=N–C) groups is 1. The number of allylic oxidation sites excluding steroid dienone is 2. The number of aryl methyl sites for hydroxylation is 2. The van der Waals surface area contributed by atoms with Crippen LogP contribution in [0.5, 0.6) is 0 Å². The van der Waals surface area contributed by atoms with Gasteiger partial charge < -0.3 is 20.3 Å². The van der Waals surface area contributed by atoms with Crippen molar-refractivity contribution in [2.24, 2.45) is 4.99 Å². The Morgan fingerprint density at radius 1 is 1.22 bits per heavy atom. The fourth-order valence-corrected chi connectivity index (χ4v) is 3.72. The number of ether oxygens (including phenoxy) is 1. The fourth-order valence-electron chi connectivity index (χ4n) is 3.63. The Morgan fingerprint density at radius 3 is 2.57 bits per heavy atom. The highest BCUT2D eigenvalue weighted by atomic mass is 35.5. The zero-order valence-corrected chi connectivity index (χ0v) is 23.8. The minimum atomic E-state index is -0.542. The maximum Gasteiger partial charge on any atom is 0.410 e. The van der Waals surface area contributed by atoms with Crippen molar-refractivity contribution >= 4 is 34.9 Å². The molecule has 4 bridgehead atoms. The van der Waals surface area contributed by atoms with E-state index in [0.717, 1.165) is 40.9 Å². The van der Waals surface area contributed by atoms with Crippen molar-refractivity contribution in [3.05, 3.63) is 77.1 Å². The van der Waals surface area contributed by atoms with Crippen molar-refractivity contribution in [2.45, 2.75) is 72.7 Å². The summed E-state index contributed by atoms with van der Waals surface area (Å²) in [6.07, 6.45) is 8.28. The first-order valence-corrected chi connectivity index (χ1v) is 12.8. The van der Waals surface area contributed by atoms with Gasteiger partial charge in [0.25, 0.3) is 0 Å². The summed E-state index contributed by atoms with van der Waals surface area (Å²) in [5.41, 5.74) is 4.55. The van der Waals surface area contributed by atoms with Gasteiger partial charge in [-0.05, 0) is 89.3 Å². The van der Waals surface area contributed by atoms with Crippen LogP contribution in [0.4, 0.5) is 16.2 Å². The molecule has 8 heteroatoms. The zero-order valence-electron chi connectivity index (χ0n) is 23.1. The molecule has 2 N–H and O–H groups in total. The minimum absolute atomic E-state index is 0.213. The molecule has 0 spiro atoms. The average Bonchev–Trinajstić information content (AvgIpc) is 2.82. The Labute approximate surface area is 226 Å². The topological polar surface area (TPSA) is 78.9 Å². The van der Waals surface area contributed by atoms with E-state index in [2.05, 4.69) is 34.3 Å². The average molecular weight is 526 g/mol. The molecule has 1 unspecified atom stereocenters. The first-order valence-electron chi connectivity index (χ1n) is 12.5. The van der Waals surface area contributed by atoms with Gasteiger partial charge in [-0.25, -0.2) is 9.79 Å². The lowest BCUT2D eigenvalue weighted by molar-refractivity contribution is 0.0285. The van der Waals surface area contributed by atoms with Crippen molar-refractivity contribution in [2.75, 3.05) is 17.7 Å². The predicted octanol–water partition coefficient (Wildman–Crippen LogP) is 7.15. The molecular weight excluding hydrogens is 486 g/mol. The normalized spacial score (nSPS) is 17.0. The van der Waals surface area contributed by atoms with Crippen molar-refractivity contribution in [3.63, 3.8) is 0 Å². The second-order valence-electron chi connectivity index (χ2n) is 9.87. The summed E-state index contributed by atoms with van der Waals surface area (Å²) in [5.74, 6) is 0.581.